The molecule has 0 radical (unpaired) electrons. The van der Waals surface area contributed by atoms with Gasteiger partial charge in [0.1, 0.15) is 0 Å². The molecule has 0 saturated carbocycles. The van der Waals surface area contributed by atoms with Crippen LogP contribution in [-0.2, 0) is 16.6 Å². The fraction of sp³-hybridized carbons (Fsp3) is 0.125. The minimum atomic E-state index is -3.69. The molecule has 0 aliphatic heterocycles. The Morgan fingerprint density at radius 3 is 2.58 bits per heavy atom. The van der Waals surface area contributed by atoms with Crippen molar-refractivity contribution >= 4 is 15.7 Å². The lowest BCUT2D eigenvalue weighted by Crippen LogP contribution is -2.26. The third-order valence-corrected chi connectivity index (χ3v) is 5.41. The molecule has 3 rings (SSSR count). The van der Waals surface area contributed by atoms with Crippen molar-refractivity contribution < 1.29 is 17.9 Å². The van der Waals surface area contributed by atoms with Gasteiger partial charge in [0.2, 0.25) is 21.7 Å². The second-order valence-corrected chi connectivity index (χ2v) is 7.44. The highest BCUT2D eigenvalue weighted by atomic mass is 32.2. The summed E-state index contributed by atoms with van der Waals surface area (Å²) in [5, 5.41) is 14.6. The van der Waals surface area contributed by atoms with E-state index >= 15 is 0 Å². The summed E-state index contributed by atoms with van der Waals surface area (Å²) in [6.07, 6.45) is 0. The highest BCUT2D eigenvalue weighted by molar-refractivity contribution is 7.89. The summed E-state index contributed by atoms with van der Waals surface area (Å²) in [7, 11) is -2.29. The van der Waals surface area contributed by atoms with Crippen molar-refractivity contribution in [2.45, 2.75) is 11.4 Å². The SMILES string of the molecule is CN(Cc1nc(-c2cccc([N+](=O)[O-])c2)no1)S(=O)(=O)c1ccccc1. The van der Waals surface area contributed by atoms with Crippen molar-refractivity contribution in [1.29, 1.82) is 0 Å². The van der Waals surface area contributed by atoms with Gasteiger partial charge in [0.25, 0.3) is 5.69 Å². The maximum absolute atomic E-state index is 12.5. The number of hydrogen-bond donors (Lipinski definition) is 0. The van der Waals surface area contributed by atoms with Gasteiger partial charge in [0, 0.05) is 24.7 Å². The predicted octanol–water partition coefficient (Wildman–Crippen LogP) is 2.47. The fourth-order valence-corrected chi connectivity index (χ4v) is 3.38. The molecule has 1 heterocycles. The lowest BCUT2D eigenvalue weighted by molar-refractivity contribution is -0.384. The Bertz CT molecular complexity index is 1030. The molecule has 0 N–H and O–H groups in total. The molecule has 0 bridgehead atoms. The van der Waals surface area contributed by atoms with Crippen LogP contribution in [0.25, 0.3) is 11.4 Å². The zero-order chi connectivity index (χ0) is 18.7. The van der Waals surface area contributed by atoms with Crippen LogP contribution in [0.4, 0.5) is 5.69 Å². The lowest BCUT2D eigenvalue weighted by atomic mass is 10.2. The molecule has 0 fully saturated rings. The average Bonchev–Trinajstić information content (AvgIpc) is 3.11. The number of rotatable bonds is 6. The van der Waals surface area contributed by atoms with Gasteiger partial charge in [0.15, 0.2) is 0 Å². The van der Waals surface area contributed by atoms with Crippen molar-refractivity contribution in [3.63, 3.8) is 0 Å². The van der Waals surface area contributed by atoms with Gasteiger partial charge in [-0.1, -0.05) is 35.5 Å². The van der Waals surface area contributed by atoms with E-state index in [1.54, 1.807) is 24.3 Å². The highest BCUT2D eigenvalue weighted by Gasteiger charge is 2.23. The first kappa shape index (κ1) is 17.7. The van der Waals surface area contributed by atoms with Crippen molar-refractivity contribution in [3.05, 3.63) is 70.6 Å². The average molecular weight is 374 g/mol. The molecular weight excluding hydrogens is 360 g/mol. The van der Waals surface area contributed by atoms with Gasteiger partial charge in [0.05, 0.1) is 16.4 Å². The summed E-state index contributed by atoms with van der Waals surface area (Å²) in [6, 6.07) is 13.8. The molecule has 9 nitrogen and oxygen atoms in total. The van der Waals surface area contributed by atoms with Gasteiger partial charge in [-0.25, -0.2) is 8.42 Å². The highest BCUT2D eigenvalue weighted by Crippen LogP contribution is 2.22. The number of nitro groups is 1. The minimum Gasteiger partial charge on any atom is -0.338 e. The van der Waals surface area contributed by atoms with Gasteiger partial charge in [-0.05, 0) is 12.1 Å². The Kier molecular flexibility index (Phi) is 4.78. The van der Waals surface area contributed by atoms with E-state index in [0.717, 1.165) is 4.31 Å². The Labute approximate surface area is 149 Å². The first-order valence-electron chi connectivity index (χ1n) is 7.47. The number of nitrogens with zero attached hydrogens (tertiary/aromatic N) is 4. The summed E-state index contributed by atoms with van der Waals surface area (Å²) in [5.41, 5.74) is 0.306. The number of aromatic nitrogens is 2. The molecule has 10 heteroatoms. The summed E-state index contributed by atoms with van der Waals surface area (Å²) >= 11 is 0. The molecule has 134 valence electrons. The van der Waals surface area contributed by atoms with Crippen LogP contribution in [-0.4, -0.2) is 34.8 Å². The van der Waals surface area contributed by atoms with Crippen molar-refractivity contribution in [3.8, 4) is 11.4 Å². The summed E-state index contributed by atoms with van der Waals surface area (Å²) < 4.78 is 31.2. The first-order valence-corrected chi connectivity index (χ1v) is 8.91. The van der Waals surface area contributed by atoms with Crippen LogP contribution in [0, 0.1) is 10.1 Å². The molecule has 3 aromatic rings. The van der Waals surface area contributed by atoms with E-state index in [4.69, 9.17) is 4.52 Å². The number of non-ortho nitro benzene ring substituents is 1. The largest absolute Gasteiger partial charge is 0.338 e. The Hall–Kier alpha value is -3.11. The number of nitro benzene ring substituents is 1. The second kappa shape index (κ2) is 7.02. The Morgan fingerprint density at radius 2 is 1.88 bits per heavy atom. The molecule has 0 aliphatic rings. The van der Waals surface area contributed by atoms with Crippen LogP contribution in [0.1, 0.15) is 5.89 Å². The zero-order valence-corrected chi connectivity index (χ0v) is 14.5. The lowest BCUT2D eigenvalue weighted by Gasteiger charge is -2.14. The van der Waals surface area contributed by atoms with Gasteiger partial charge < -0.3 is 4.52 Å². The minimum absolute atomic E-state index is 0.0773. The summed E-state index contributed by atoms with van der Waals surface area (Å²) in [5.74, 6) is 0.225. The molecule has 0 unspecified atom stereocenters. The quantitative estimate of drug-likeness (QED) is 0.480. The third-order valence-electron chi connectivity index (χ3n) is 3.59. The monoisotopic (exact) mass is 374 g/mol. The molecule has 0 aliphatic carbocycles. The fourth-order valence-electron chi connectivity index (χ4n) is 2.24. The van der Waals surface area contributed by atoms with Crippen LogP contribution in [0.2, 0.25) is 0 Å². The third kappa shape index (κ3) is 3.60. The Balaban J connectivity index is 1.80. The van der Waals surface area contributed by atoms with E-state index in [0.29, 0.717) is 5.56 Å². The summed E-state index contributed by atoms with van der Waals surface area (Å²) in [4.78, 5) is 14.6. The summed E-state index contributed by atoms with van der Waals surface area (Å²) in [6.45, 7) is -0.126. The predicted molar refractivity (Wildman–Crippen MR) is 91.5 cm³/mol. The number of sulfonamides is 1. The smallest absolute Gasteiger partial charge is 0.270 e. The van der Waals surface area contributed by atoms with Gasteiger partial charge >= 0.3 is 0 Å². The van der Waals surface area contributed by atoms with Crippen LogP contribution in [0.15, 0.2) is 64.0 Å². The molecular formula is C16H14N4O5S. The van der Waals surface area contributed by atoms with Crippen molar-refractivity contribution in [2.75, 3.05) is 7.05 Å². The Morgan fingerprint density at radius 1 is 1.15 bits per heavy atom. The first-order chi connectivity index (χ1) is 12.4. The van der Waals surface area contributed by atoms with Crippen LogP contribution in [0.5, 0.6) is 0 Å². The molecule has 26 heavy (non-hydrogen) atoms. The van der Waals surface area contributed by atoms with Gasteiger partial charge in [-0.2, -0.15) is 9.29 Å². The standard InChI is InChI=1S/C16H14N4O5S/c1-19(26(23,24)14-8-3-2-4-9-14)11-15-17-16(18-25-15)12-6-5-7-13(10-12)20(21)22/h2-10H,11H2,1H3. The van der Waals surface area contributed by atoms with E-state index in [1.165, 1.54) is 37.4 Å². The van der Waals surface area contributed by atoms with E-state index in [1.807, 2.05) is 0 Å². The molecule has 0 amide bonds. The zero-order valence-electron chi connectivity index (χ0n) is 13.6. The molecule has 0 saturated heterocycles. The maximum Gasteiger partial charge on any atom is 0.270 e. The van der Waals surface area contributed by atoms with Crippen LogP contribution in [0.3, 0.4) is 0 Å². The van der Waals surface area contributed by atoms with Crippen LogP contribution < -0.4 is 0 Å². The number of hydrogen-bond acceptors (Lipinski definition) is 7. The number of benzene rings is 2. The maximum atomic E-state index is 12.5. The van der Waals surface area contributed by atoms with E-state index in [2.05, 4.69) is 10.1 Å². The van der Waals surface area contributed by atoms with Crippen LogP contribution >= 0.6 is 0 Å². The van der Waals surface area contributed by atoms with E-state index in [9.17, 15) is 18.5 Å². The van der Waals surface area contributed by atoms with Crippen molar-refractivity contribution in [2.24, 2.45) is 0 Å². The van der Waals surface area contributed by atoms with E-state index < -0.39 is 14.9 Å². The topological polar surface area (TPSA) is 119 Å². The molecule has 2 aromatic carbocycles. The second-order valence-electron chi connectivity index (χ2n) is 5.39. The van der Waals surface area contributed by atoms with Crippen molar-refractivity contribution in [1.82, 2.24) is 14.4 Å². The molecule has 1 aromatic heterocycles. The van der Waals surface area contributed by atoms with Gasteiger partial charge in [-0.3, -0.25) is 10.1 Å². The van der Waals surface area contributed by atoms with E-state index in [-0.39, 0.29) is 28.8 Å². The molecule has 0 spiro atoms. The van der Waals surface area contributed by atoms with Gasteiger partial charge in [-0.15, -0.1) is 0 Å². The normalized spacial score (nSPS) is 11.6. The molecule has 0 atom stereocenters.